The fourth-order valence-electron chi connectivity index (χ4n) is 1.62. The molecule has 0 bridgehead atoms. The summed E-state index contributed by atoms with van der Waals surface area (Å²) in [5.41, 5.74) is 1.00. The Labute approximate surface area is 102 Å². The van der Waals surface area contributed by atoms with Gasteiger partial charge in [-0.2, -0.15) is 4.98 Å². The Balaban J connectivity index is 2.06. The Kier molecular flexibility index (Phi) is 2.26. The second-order valence-electron chi connectivity index (χ2n) is 3.68. The molecule has 90 valence electrons. The van der Waals surface area contributed by atoms with E-state index in [2.05, 4.69) is 15.1 Å². The molecule has 2 heterocycles. The van der Waals surface area contributed by atoms with Crippen molar-refractivity contribution < 1.29 is 14.7 Å². The number of phenols is 2. The van der Waals surface area contributed by atoms with Crippen molar-refractivity contribution in [3.8, 4) is 34.5 Å². The van der Waals surface area contributed by atoms with Crippen molar-refractivity contribution in [3.05, 3.63) is 36.5 Å². The summed E-state index contributed by atoms with van der Waals surface area (Å²) in [4.78, 5) is 7.09. The lowest BCUT2D eigenvalue weighted by Crippen LogP contribution is -1.81. The summed E-state index contributed by atoms with van der Waals surface area (Å²) in [6, 6.07) is 8.17. The molecule has 0 aliphatic rings. The van der Waals surface area contributed by atoms with Crippen molar-refractivity contribution in [3.63, 3.8) is 0 Å². The Morgan fingerprint density at radius 1 is 1.11 bits per heavy atom. The van der Waals surface area contributed by atoms with E-state index in [1.54, 1.807) is 24.4 Å². The van der Waals surface area contributed by atoms with E-state index in [9.17, 15) is 10.2 Å². The minimum atomic E-state index is -0.279. The van der Waals surface area contributed by atoms with Crippen molar-refractivity contribution in [1.82, 2.24) is 15.1 Å². The van der Waals surface area contributed by atoms with E-state index in [-0.39, 0.29) is 17.4 Å². The monoisotopic (exact) mass is 243 g/mol. The molecule has 1 aromatic carbocycles. The number of hydrogen-bond acceptors (Lipinski definition) is 5. The molecule has 0 aliphatic carbocycles. The van der Waals surface area contributed by atoms with Gasteiger partial charge in [0.15, 0.2) is 11.5 Å². The van der Waals surface area contributed by atoms with Crippen molar-refractivity contribution in [2.24, 2.45) is 0 Å². The molecular weight excluding hydrogens is 234 g/mol. The van der Waals surface area contributed by atoms with E-state index in [0.717, 1.165) is 0 Å². The first-order valence-corrected chi connectivity index (χ1v) is 5.24. The molecule has 0 spiro atoms. The maximum atomic E-state index is 9.71. The van der Waals surface area contributed by atoms with Gasteiger partial charge in [-0.3, -0.25) is 0 Å². The third-order valence-electron chi connectivity index (χ3n) is 2.51. The molecule has 3 aromatic rings. The van der Waals surface area contributed by atoms with Gasteiger partial charge in [-0.05, 0) is 24.3 Å². The average Bonchev–Trinajstić information content (AvgIpc) is 3.01. The van der Waals surface area contributed by atoms with Crippen LogP contribution >= 0.6 is 0 Å². The van der Waals surface area contributed by atoms with Crippen LogP contribution in [0.2, 0.25) is 0 Å². The highest BCUT2D eigenvalue weighted by Gasteiger charge is 2.16. The van der Waals surface area contributed by atoms with E-state index in [0.29, 0.717) is 17.1 Å². The molecule has 0 fully saturated rings. The number of rotatable bonds is 2. The highest BCUT2D eigenvalue weighted by molar-refractivity contribution is 5.67. The number of para-hydroxylation sites is 1. The third kappa shape index (κ3) is 1.60. The fourth-order valence-corrected chi connectivity index (χ4v) is 1.62. The van der Waals surface area contributed by atoms with Crippen LogP contribution in [0.1, 0.15) is 0 Å². The predicted octanol–water partition coefficient (Wildman–Crippen LogP) is 2.14. The fraction of sp³-hybridized carbons (Fsp3) is 0. The van der Waals surface area contributed by atoms with E-state index < -0.39 is 0 Å². The van der Waals surface area contributed by atoms with Gasteiger partial charge in [0.05, 0.1) is 11.3 Å². The molecular formula is C12H9N3O3. The van der Waals surface area contributed by atoms with Crippen LogP contribution in [0.4, 0.5) is 0 Å². The molecule has 0 saturated heterocycles. The maximum Gasteiger partial charge on any atom is 0.262 e. The smallest absolute Gasteiger partial charge is 0.262 e. The SMILES string of the molecule is Oc1cccc(-c2nc(-c3ccc[nH]3)no2)c1O. The molecule has 18 heavy (non-hydrogen) atoms. The topological polar surface area (TPSA) is 95.2 Å². The lowest BCUT2D eigenvalue weighted by molar-refractivity contribution is 0.397. The summed E-state index contributed by atoms with van der Waals surface area (Å²) in [5, 5.41) is 22.9. The lowest BCUT2D eigenvalue weighted by atomic mass is 10.2. The number of nitrogens with zero attached hydrogens (tertiary/aromatic N) is 2. The molecule has 2 aromatic heterocycles. The van der Waals surface area contributed by atoms with E-state index >= 15 is 0 Å². The Bertz CT molecular complexity index is 674. The van der Waals surface area contributed by atoms with Gasteiger partial charge < -0.3 is 19.7 Å². The summed E-state index contributed by atoms with van der Waals surface area (Å²) in [6.07, 6.45) is 1.75. The molecule has 6 nitrogen and oxygen atoms in total. The number of aromatic amines is 1. The van der Waals surface area contributed by atoms with Gasteiger partial charge >= 0.3 is 0 Å². The van der Waals surface area contributed by atoms with Crippen LogP contribution in [-0.2, 0) is 0 Å². The summed E-state index contributed by atoms with van der Waals surface area (Å²) < 4.78 is 5.06. The summed E-state index contributed by atoms with van der Waals surface area (Å²) in [5.74, 6) is 0.0250. The maximum absolute atomic E-state index is 9.71. The number of aromatic nitrogens is 3. The zero-order valence-electron chi connectivity index (χ0n) is 9.16. The van der Waals surface area contributed by atoms with Gasteiger partial charge in [0.1, 0.15) is 0 Å². The first kappa shape index (κ1) is 10.4. The Morgan fingerprint density at radius 2 is 2.00 bits per heavy atom. The van der Waals surface area contributed by atoms with Crippen molar-refractivity contribution in [2.45, 2.75) is 0 Å². The summed E-state index contributed by atoms with van der Waals surface area (Å²) >= 11 is 0. The second-order valence-corrected chi connectivity index (χ2v) is 3.68. The van der Waals surface area contributed by atoms with Crippen molar-refractivity contribution in [1.29, 1.82) is 0 Å². The molecule has 0 amide bonds. The molecule has 0 atom stereocenters. The van der Waals surface area contributed by atoms with E-state index in [4.69, 9.17) is 4.52 Å². The molecule has 3 rings (SSSR count). The van der Waals surface area contributed by atoms with Crippen LogP contribution in [0.3, 0.4) is 0 Å². The van der Waals surface area contributed by atoms with Gasteiger partial charge in [0, 0.05) is 6.20 Å². The lowest BCUT2D eigenvalue weighted by Gasteiger charge is -2.00. The number of benzene rings is 1. The van der Waals surface area contributed by atoms with Crippen LogP contribution in [0.25, 0.3) is 23.0 Å². The van der Waals surface area contributed by atoms with Gasteiger partial charge in [-0.25, -0.2) is 0 Å². The molecule has 3 N–H and O–H groups in total. The van der Waals surface area contributed by atoms with Crippen LogP contribution in [0.15, 0.2) is 41.1 Å². The number of phenolic OH excluding ortho intramolecular Hbond substituents is 2. The van der Waals surface area contributed by atoms with E-state index in [1.807, 2.05) is 6.07 Å². The highest BCUT2D eigenvalue weighted by atomic mass is 16.5. The summed E-state index contributed by atoms with van der Waals surface area (Å²) in [7, 11) is 0. The zero-order chi connectivity index (χ0) is 12.5. The first-order valence-electron chi connectivity index (χ1n) is 5.24. The van der Waals surface area contributed by atoms with Crippen LogP contribution in [0.5, 0.6) is 11.5 Å². The van der Waals surface area contributed by atoms with Gasteiger partial charge in [0.2, 0.25) is 5.82 Å². The molecule has 0 unspecified atom stereocenters. The quantitative estimate of drug-likeness (QED) is 0.599. The van der Waals surface area contributed by atoms with E-state index in [1.165, 1.54) is 6.07 Å². The third-order valence-corrected chi connectivity index (χ3v) is 2.51. The minimum Gasteiger partial charge on any atom is -0.504 e. The standard InChI is InChI=1S/C12H9N3O3/c16-9-5-1-3-7(10(9)17)12-14-11(15-18-12)8-4-2-6-13-8/h1-6,13,16-17H. The Hall–Kier alpha value is -2.76. The predicted molar refractivity (Wildman–Crippen MR) is 62.9 cm³/mol. The minimum absolute atomic E-state index is 0.146. The normalized spacial score (nSPS) is 10.7. The van der Waals surface area contributed by atoms with Crippen molar-refractivity contribution >= 4 is 0 Å². The van der Waals surface area contributed by atoms with Crippen LogP contribution in [-0.4, -0.2) is 25.3 Å². The molecule has 6 heteroatoms. The van der Waals surface area contributed by atoms with Gasteiger partial charge in [0.25, 0.3) is 5.89 Å². The first-order chi connectivity index (χ1) is 8.75. The zero-order valence-corrected chi connectivity index (χ0v) is 9.16. The average molecular weight is 243 g/mol. The van der Waals surface area contributed by atoms with Gasteiger partial charge in [-0.1, -0.05) is 11.2 Å². The number of nitrogens with one attached hydrogen (secondary N) is 1. The number of H-pyrrole nitrogens is 1. The van der Waals surface area contributed by atoms with Gasteiger partial charge in [-0.15, -0.1) is 0 Å². The second kappa shape index (κ2) is 3.92. The largest absolute Gasteiger partial charge is 0.504 e. The van der Waals surface area contributed by atoms with Crippen molar-refractivity contribution in [2.75, 3.05) is 0 Å². The number of hydrogen-bond donors (Lipinski definition) is 3. The van der Waals surface area contributed by atoms with Crippen LogP contribution in [0, 0.1) is 0 Å². The number of aromatic hydroxyl groups is 2. The highest BCUT2D eigenvalue weighted by Crippen LogP contribution is 2.35. The molecule has 0 saturated carbocycles. The van der Waals surface area contributed by atoms with Crippen LogP contribution < -0.4 is 0 Å². The molecule has 0 radical (unpaired) electrons. The molecule has 0 aliphatic heterocycles. The summed E-state index contributed by atoms with van der Waals surface area (Å²) in [6.45, 7) is 0. The Morgan fingerprint density at radius 3 is 2.78 bits per heavy atom.